The summed E-state index contributed by atoms with van der Waals surface area (Å²) >= 11 is 3.49. The van der Waals surface area contributed by atoms with Crippen LogP contribution in [0.25, 0.3) is 11.0 Å². The number of hydrogen-bond donors (Lipinski definition) is 1. The number of rotatable bonds is 1. The van der Waals surface area contributed by atoms with E-state index in [9.17, 15) is 0 Å². The third kappa shape index (κ3) is 1.79. The van der Waals surface area contributed by atoms with Crippen molar-refractivity contribution in [2.75, 3.05) is 0 Å². The van der Waals surface area contributed by atoms with E-state index in [0.717, 1.165) is 22.2 Å². The van der Waals surface area contributed by atoms with Gasteiger partial charge in [0.15, 0.2) is 0 Å². The summed E-state index contributed by atoms with van der Waals surface area (Å²) in [6.45, 7) is 0. The highest BCUT2D eigenvalue weighted by molar-refractivity contribution is 9.10. The summed E-state index contributed by atoms with van der Waals surface area (Å²) in [5.74, 6) is 1.56. The van der Waals surface area contributed by atoms with Gasteiger partial charge in [-0.3, -0.25) is 0 Å². The molecule has 2 aromatic rings. The second-order valence-corrected chi connectivity index (χ2v) is 5.78. The first-order chi connectivity index (χ1) is 8.16. The van der Waals surface area contributed by atoms with Crippen molar-refractivity contribution < 1.29 is 0 Å². The molecule has 0 amide bonds. The fourth-order valence-electron chi connectivity index (χ4n) is 2.83. The van der Waals surface area contributed by atoms with Crippen LogP contribution >= 0.6 is 15.9 Å². The van der Waals surface area contributed by atoms with E-state index in [1.54, 1.807) is 0 Å². The molecule has 90 valence electrons. The number of nitrogens with zero attached hydrogens (tertiary/aromatic N) is 2. The number of aryl methyl sites for hydroxylation is 1. The number of imidazole rings is 1. The molecule has 1 aliphatic carbocycles. The lowest BCUT2D eigenvalue weighted by Crippen LogP contribution is -2.24. The van der Waals surface area contributed by atoms with Gasteiger partial charge < -0.3 is 10.3 Å². The lowest BCUT2D eigenvalue weighted by Gasteiger charge is -2.14. The molecule has 2 unspecified atom stereocenters. The molecule has 0 radical (unpaired) electrons. The van der Waals surface area contributed by atoms with Crippen LogP contribution in [0.1, 0.15) is 31.0 Å². The summed E-state index contributed by atoms with van der Waals surface area (Å²) < 4.78 is 3.27. The standard InChI is InChI=1S/C13H16BrN3/c1-17-12-6-5-8(14)7-11(12)16-13(17)9-3-2-4-10(9)15/h5-7,9-10H,2-4,15H2,1H3. The summed E-state index contributed by atoms with van der Waals surface area (Å²) in [5, 5.41) is 0. The van der Waals surface area contributed by atoms with Crippen molar-refractivity contribution in [2.45, 2.75) is 31.2 Å². The minimum absolute atomic E-state index is 0.272. The minimum Gasteiger partial charge on any atom is -0.331 e. The van der Waals surface area contributed by atoms with E-state index < -0.39 is 0 Å². The van der Waals surface area contributed by atoms with Gasteiger partial charge in [0.25, 0.3) is 0 Å². The maximum absolute atomic E-state index is 6.17. The van der Waals surface area contributed by atoms with E-state index in [1.165, 1.54) is 18.4 Å². The van der Waals surface area contributed by atoms with Gasteiger partial charge >= 0.3 is 0 Å². The number of aromatic nitrogens is 2. The Hall–Kier alpha value is -0.870. The number of hydrogen-bond acceptors (Lipinski definition) is 2. The molecule has 2 atom stereocenters. The Morgan fingerprint density at radius 2 is 2.24 bits per heavy atom. The molecule has 0 spiro atoms. The van der Waals surface area contributed by atoms with Crippen molar-refractivity contribution in [3.63, 3.8) is 0 Å². The van der Waals surface area contributed by atoms with Gasteiger partial charge in [-0.2, -0.15) is 0 Å². The molecule has 4 heteroatoms. The number of fused-ring (bicyclic) bond motifs is 1. The maximum atomic E-state index is 6.17. The van der Waals surface area contributed by atoms with Gasteiger partial charge in [-0.1, -0.05) is 22.4 Å². The van der Waals surface area contributed by atoms with Gasteiger partial charge in [0.1, 0.15) is 5.82 Å². The molecular formula is C13H16BrN3. The highest BCUT2D eigenvalue weighted by Gasteiger charge is 2.29. The van der Waals surface area contributed by atoms with Crippen molar-refractivity contribution in [1.29, 1.82) is 0 Å². The molecule has 1 fully saturated rings. The van der Waals surface area contributed by atoms with Crippen LogP contribution in [0.15, 0.2) is 22.7 Å². The molecule has 2 N–H and O–H groups in total. The Morgan fingerprint density at radius 1 is 1.41 bits per heavy atom. The molecule has 1 aliphatic rings. The van der Waals surface area contributed by atoms with E-state index in [2.05, 4.69) is 45.7 Å². The average molecular weight is 294 g/mol. The molecule has 1 heterocycles. The lowest BCUT2D eigenvalue weighted by molar-refractivity contribution is 0.565. The first-order valence-corrected chi connectivity index (χ1v) is 6.83. The normalized spacial score (nSPS) is 24.6. The number of nitrogens with two attached hydrogens (primary N) is 1. The van der Waals surface area contributed by atoms with Crippen LogP contribution in [0.5, 0.6) is 0 Å². The fourth-order valence-corrected chi connectivity index (χ4v) is 3.18. The topological polar surface area (TPSA) is 43.8 Å². The first kappa shape index (κ1) is 11.2. The van der Waals surface area contributed by atoms with E-state index in [-0.39, 0.29) is 6.04 Å². The molecule has 0 bridgehead atoms. The van der Waals surface area contributed by atoms with Gasteiger partial charge in [0.05, 0.1) is 11.0 Å². The van der Waals surface area contributed by atoms with Crippen LogP contribution in [0.4, 0.5) is 0 Å². The van der Waals surface area contributed by atoms with Crippen molar-refractivity contribution in [3.05, 3.63) is 28.5 Å². The molecule has 1 aromatic carbocycles. The molecule has 3 nitrogen and oxygen atoms in total. The molecule has 0 aliphatic heterocycles. The average Bonchev–Trinajstić information content (AvgIpc) is 2.83. The van der Waals surface area contributed by atoms with E-state index in [1.807, 2.05) is 0 Å². The Morgan fingerprint density at radius 3 is 2.94 bits per heavy atom. The quantitative estimate of drug-likeness (QED) is 0.879. The van der Waals surface area contributed by atoms with Crippen LogP contribution in [0.2, 0.25) is 0 Å². The second-order valence-electron chi connectivity index (χ2n) is 4.86. The summed E-state index contributed by atoms with van der Waals surface area (Å²) in [6, 6.07) is 6.51. The molecule has 1 aromatic heterocycles. The molecule has 17 heavy (non-hydrogen) atoms. The fraction of sp³-hybridized carbons (Fsp3) is 0.462. The predicted molar refractivity (Wildman–Crippen MR) is 73.0 cm³/mol. The van der Waals surface area contributed by atoms with Crippen molar-refractivity contribution >= 4 is 27.0 Å². The largest absolute Gasteiger partial charge is 0.331 e. The maximum Gasteiger partial charge on any atom is 0.114 e. The van der Waals surface area contributed by atoms with Crippen LogP contribution < -0.4 is 5.73 Å². The summed E-state index contributed by atoms with van der Waals surface area (Å²) in [7, 11) is 2.09. The second kappa shape index (κ2) is 4.10. The third-order valence-electron chi connectivity index (χ3n) is 3.78. The smallest absolute Gasteiger partial charge is 0.114 e. The van der Waals surface area contributed by atoms with E-state index in [0.29, 0.717) is 5.92 Å². The van der Waals surface area contributed by atoms with E-state index in [4.69, 9.17) is 10.7 Å². The number of halogens is 1. The van der Waals surface area contributed by atoms with Crippen molar-refractivity contribution in [1.82, 2.24) is 9.55 Å². The van der Waals surface area contributed by atoms with Gasteiger partial charge in [-0.05, 0) is 31.0 Å². The Balaban J connectivity index is 2.14. The van der Waals surface area contributed by atoms with Crippen molar-refractivity contribution in [3.8, 4) is 0 Å². The first-order valence-electron chi connectivity index (χ1n) is 6.04. The van der Waals surface area contributed by atoms with Gasteiger partial charge in [0.2, 0.25) is 0 Å². The lowest BCUT2D eigenvalue weighted by atomic mass is 10.0. The Labute approximate surface area is 109 Å². The zero-order valence-corrected chi connectivity index (χ0v) is 11.4. The molecule has 1 saturated carbocycles. The van der Waals surface area contributed by atoms with E-state index >= 15 is 0 Å². The Bertz CT molecular complexity index is 561. The highest BCUT2D eigenvalue weighted by Crippen LogP contribution is 2.34. The zero-order valence-electron chi connectivity index (χ0n) is 9.86. The monoisotopic (exact) mass is 293 g/mol. The summed E-state index contributed by atoms with van der Waals surface area (Å²) in [4.78, 5) is 4.76. The van der Waals surface area contributed by atoms with Gasteiger partial charge in [-0.25, -0.2) is 4.98 Å². The van der Waals surface area contributed by atoms with Crippen LogP contribution in [0, 0.1) is 0 Å². The van der Waals surface area contributed by atoms with Crippen LogP contribution in [0.3, 0.4) is 0 Å². The summed E-state index contributed by atoms with van der Waals surface area (Å²) in [6.07, 6.45) is 3.51. The highest BCUT2D eigenvalue weighted by atomic mass is 79.9. The van der Waals surface area contributed by atoms with Crippen molar-refractivity contribution in [2.24, 2.45) is 12.8 Å². The summed E-state index contributed by atoms with van der Waals surface area (Å²) in [5.41, 5.74) is 8.40. The molecule has 3 rings (SSSR count). The number of benzene rings is 1. The molecule has 0 saturated heterocycles. The van der Waals surface area contributed by atoms with Gasteiger partial charge in [-0.15, -0.1) is 0 Å². The molecular weight excluding hydrogens is 278 g/mol. The predicted octanol–water partition coefficient (Wildman–Crippen LogP) is 2.93. The Kier molecular flexibility index (Phi) is 2.71. The third-order valence-corrected chi connectivity index (χ3v) is 4.27. The minimum atomic E-state index is 0.272. The van der Waals surface area contributed by atoms with Crippen LogP contribution in [-0.4, -0.2) is 15.6 Å². The zero-order chi connectivity index (χ0) is 12.0. The van der Waals surface area contributed by atoms with Gasteiger partial charge in [0, 0.05) is 23.5 Å². The van der Waals surface area contributed by atoms with Crippen LogP contribution in [-0.2, 0) is 7.05 Å². The SMILES string of the molecule is Cn1c(C2CCCC2N)nc2cc(Br)ccc21.